The lowest BCUT2D eigenvalue weighted by Gasteiger charge is -2.25. The molecule has 0 saturated heterocycles. The van der Waals surface area contributed by atoms with E-state index in [0.29, 0.717) is 10.6 Å². The summed E-state index contributed by atoms with van der Waals surface area (Å²) in [6, 6.07) is 6.98. The van der Waals surface area contributed by atoms with E-state index in [1.807, 2.05) is 0 Å². The SMILES string of the molecule is Cc1cnc(C(=O)NCC(C)(O)c2ccccc2Cl)cn1. The van der Waals surface area contributed by atoms with Crippen LogP contribution in [0.5, 0.6) is 0 Å². The van der Waals surface area contributed by atoms with Gasteiger partial charge in [0.05, 0.1) is 18.4 Å². The lowest BCUT2D eigenvalue weighted by Crippen LogP contribution is -2.39. The number of benzene rings is 1. The predicted molar refractivity (Wildman–Crippen MR) is 80.1 cm³/mol. The van der Waals surface area contributed by atoms with Crippen molar-refractivity contribution in [1.29, 1.82) is 0 Å². The fourth-order valence-electron chi connectivity index (χ4n) is 1.85. The number of nitrogens with one attached hydrogen (secondary N) is 1. The van der Waals surface area contributed by atoms with Crippen molar-refractivity contribution in [3.8, 4) is 0 Å². The molecule has 110 valence electrons. The summed E-state index contributed by atoms with van der Waals surface area (Å²) in [4.78, 5) is 20.0. The van der Waals surface area contributed by atoms with Gasteiger partial charge in [0.15, 0.2) is 0 Å². The molecule has 0 aliphatic heterocycles. The van der Waals surface area contributed by atoms with Crippen molar-refractivity contribution in [3.05, 3.63) is 58.6 Å². The molecule has 21 heavy (non-hydrogen) atoms. The van der Waals surface area contributed by atoms with E-state index in [1.54, 1.807) is 38.1 Å². The monoisotopic (exact) mass is 305 g/mol. The second kappa shape index (κ2) is 6.20. The van der Waals surface area contributed by atoms with Gasteiger partial charge in [0.1, 0.15) is 11.3 Å². The molecule has 2 rings (SSSR count). The van der Waals surface area contributed by atoms with Crippen LogP contribution >= 0.6 is 11.6 Å². The maximum Gasteiger partial charge on any atom is 0.271 e. The Morgan fingerprint density at radius 2 is 2.05 bits per heavy atom. The third-order valence-electron chi connectivity index (χ3n) is 3.06. The molecular formula is C15H16ClN3O2. The Bertz CT molecular complexity index is 642. The molecule has 0 saturated carbocycles. The smallest absolute Gasteiger partial charge is 0.271 e. The zero-order valence-electron chi connectivity index (χ0n) is 11.8. The number of rotatable bonds is 4. The standard InChI is InChI=1S/C15H16ClN3O2/c1-10-7-18-13(8-17-10)14(20)19-9-15(2,21)11-5-3-4-6-12(11)16/h3-8,21H,9H2,1-2H3,(H,19,20). The highest BCUT2D eigenvalue weighted by atomic mass is 35.5. The molecule has 1 amide bonds. The minimum absolute atomic E-state index is 0.0190. The van der Waals surface area contributed by atoms with Crippen molar-refractivity contribution >= 4 is 17.5 Å². The maximum atomic E-state index is 12.0. The summed E-state index contributed by atoms with van der Waals surface area (Å²) in [5.41, 5.74) is 0.221. The molecule has 0 aliphatic carbocycles. The van der Waals surface area contributed by atoms with Crippen molar-refractivity contribution in [2.24, 2.45) is 0 Å². The van der Waals surface area contributed by atoms with E-state index in [2.05, 4.69) is 15.3 Å². The zero-order valence-corrected chi connectivity index (χ0v) is 12.6. The van der Waals surface area contributed by atoms with Crippen LogP contribution in [-0.2, 0) is 5.60 Å². The fraction of sp³-hybridized carbons (Fsp3) is 0.267. The van der Waals surface area contributed by atoms with Crippen LogP contribution in [0.2, 0.25) is 5.02 Å². The Morgan fingerprint density at radius 1 is 1.33 bits per heavy atom. The van der Waals surface area contributed by atoms with Crippen LogP contribution in [0.15, 0.2) is 36.7 Å². The second-order valence-corrected chi connectivity index (χ2v) is 5.39. The van der Waals surface area contributed by atoms with Gasteiger partial charge in [-0.3, -0.25) is 9.78 Å². The lowest BCUT2D eigenvalue weighted by atomic mass is 9.96. The topological polar surface area (TPSA) is 75.1 Å². The van der Waals surface area contributed by atoms with Gasteiger partial charge in [-0.2, -0.15) is 0 Å². The predicted octanol–water partition coefficient (Wildman–Crippen LogP) is 2.08. The van der Waals surface area contributed by atoms with Gasteiger partial charge in [-0.15, -0.1) is 0 Å². The Hall–Kier alpha value is -1.98. The zero-order chi connectivity index (χ0) is 15.5. The van der Waals surface area contributed by atoms with Crippen LogP contribution in [0.3, 0.4) is 0 Å². The molecule has 1 aromatic carbocycles. The highest BCUT2D eigenvalue weighted by molar-refractivity contribution is 6.31. The van der Waals surface area contributed by atoms with Crippen LogP contribution in [0, 0.1) is 6.92 Å². The number of aliphatic hydroxyl groups is 1. The summed E-state index contributed by atoms with van der Waals surface area (Å²) in [7, 11) is 0. The molecule has 0 bridgehead atoms. The Kier molecular flexibility index (Phi) is 4.55. The highest BCUT2D eigenvalue weighted by Gasteiger charge is 2.26. The molecule has 0 spiro atoms. The first-order valence-electron chi connectivity index (χ1n) is 6.44. The third kappa shape index (κ3) is 3.77. The molecule has 5 nitrogen and oxygen atoms in total. The number of carbonyl (C=O) groups excluding carboxylic acids is 1. The third-order valence-corrected chi connectivity index (χ3v) is 3.39. The van der Waals surface area contributed by atoms with Gasteiger partial charge < -0.3 is 10.4 Å². The first-order valence-corrected chi connectivity index (χ1v) is 6.82. The second-order valence-electron chi connectivity index (χ2n) is 4.98. The van der Waals surface area contributed by atoms with Gasteiger partial charge in [-0.05, 0) is 19.9 Å². The van der Waals surface area contributed by atoms with Gasteiger partial charge in [-0.25, -0.2) is 4.98 Å². The van der Waals surface area contributed by atoms with E-state index >= 15 is 0 Å². The average molecular weight is 306 g/mol. The van der Waals surface area contributed by atoms with Crippen LogP contribution in [0.1, 0.15) is 28.7 Å². The minimum atomic E-state index is -1.27. The number of hydrogen-bond donors (Lipinski definition) is 2. The van der Waals surface area contributed by atoms with E-state index in [0.717, 1.165) is 5.69 Å². The van der Waals surface area contributed by atoms with Crippen molar-refractivity contribution in [3.63, 3.8) is 0 Å². The van der Waals surface area contributed by atoms with E-state index in [-0.39, 0.29) is 12.2 Å². The number of aromatic nitrogens is 2. The first-order chi connectivity index (χ1) is 9.90. The molecule has 1 unspecified atom stereocenters. The summed E-state index contributed by atoms with van der Waals surface area (Å²) in [5, 5.41) is 13.6. The van der Waals surface area contributed by atoms with Crippen LogP contribution < -0.4 is 5.32 Å². The summed E-state index contributed by atoms with van der Waals surface area (Å²) in [5.74, 6) is -0.394. The Morgan fingerprint density at radius 3 is 2.67 bits per heavy atom. The van der Waals surface area contributed by atoms with Crippen molar-refractivity contribution in [1.82, 2.24) is 15.3 Å². The van der Waals surface area contributed by atoms with Crippen LogP contribution in [0.4, 0.5) is 0 Å². The van der Waals surface area contributed by atoms with Crippen molar-refractivity contribution < 1.29 is 9.90 Å². The van der Waals surface area contributed by atoms with Crippen molar-refractivity contribution in [2.45, 2.75) is 19.4 Å². The van der Waals surface area contributed by atoms with Gasteiger partial charge in [-0.1, -0.05) is 29.8 Å². The number of aryl methyl sites for hydroxylation is 1. The maximum absolute atomic E-state index is 12.0. The normalized spacial score (nSPS) is 13.5. The number of hydrogen-bond acceptors (Lipinski definition) is 4. The number of amides is 1. The summed E-state index contributed by atoms with van der Waals surface area (Å²) < 4.78 is 0. The molecule has 2 N–H and O–H groups in total. The Labute approximate surface area is 128 Å². The number of nitrogens with zero attached hydrogens (tertiary/aromatic N) is 2. The molecule has 0 aliphatic rings. The fourth-order valence-corrected chi connectivity index (χ4v) is 2.19. The number of carbonyl (C=O) groups is 1. The molecule has 0 fully saturated rings. The van der Waals surface area contributed by atoms with E-state index < -0.39 is 11.5 Å². The molecule has 6 heteroatoms. The first kappa shape index (κ1) is 15.4. The molecule has 1 heterocycles. The Balaban J connectivity index is 2.06. The van der Waals surface area contributed by atoms with Crippen molar-refractivity contribution in [2.75, 3.05) is 6.54 Å². The summed E-state index contributed by atoms with van der Waals surface area (Å²) in [6.45, 7) is 3.40. The molecule has 0 radical (unpaired) electrons. The summed E-state index contributed by atoms with van der Waals surface area (Å²) >= 11 is 6.06. The number of halogens is 1. The molecule has 1 aromatic heterocycles. The summed E-state index contributed by atoms with van der Waals surface area (Å²) in [6.07, 6.45) is 2.91. The van der Waals surface area contributed by atoms with Crippen LogP contribution in [0.25, 0.3) is 0 Å². The largest absolute Gasteiger partial charge is 0.384 e. The van der Waals surface area contributed by atoms with E-state index in [9.17, 15) is 9.90 Å². The van der Waals surface area contributed by atoms with Gasteiger partial charge >= 0.3 is 0 Å². The van der Waals surface area contributed by atoms with E-state index in [1.165, 1.54) is 12.4 Å². The molecular weight excluding hydrogens is 290 g/mol. The quantitative estimate of drug-likeness (QED) is 0.907. The van der Waals surface area contributed by atoms with Gasteiger partial charge in [0.25, 0.3) is 5.91 Å². The molecule has 2 aromatic rings. The van der Waals surface area contributed by atoms with Crippen LogP contribution in [-0.4, -0.2) is 27.5 Å². The average Bonchev–Trinajstić information content (AvgIpc) is 2.46. The van der Waals surface area contributed by atoms with Gasteiger partial charge in [0.2, 0.25) is 0 Å². The minimum Gasteiger partial charge on any atom is -0.384 e. The highest BCUT2D eigenvalue weighted by Crippen LogP contribution is 2.27. The molecule has 1 atom stereocenters. The van der Waals surface area contributed by atoms with Gasteiger partial charge in [0, 0.05) is 16.8 Å². The van der Waals surface area contributed by atoms with E-state index in [4.69, 9.17) is 11.6 Å². The lowest BCUT2D eigenvalue weighted by molar-refractivity contribution is 0.0525.